The molecule has 6 heteroatoms. The molecule has 6 nitrogen and oxygen atoms in total. The van der Waals surface area contributed by atoms with Crippen molar-refractivity contribution in [1.82, 2.24) is 4.90 Å². The predicted octanol–water partition coefficient (Wildman–Crippen LogP) is 1.51. The third-order valence-corrected chi connectivity index (χ3v) is 3.12. The first-order valence-electron chi connectivity index (χ1n) is 6.63. The van der Waals surface area contributed by atoms with Crippen LogP contribution >= 0.6 is 0 Å². The first-order chi connectivity index (χ1) is 10.0. The summed E-state index contributed by atoms with van der Waals surface area (Å²) >= 11 is 0. The van der Waals surface area contributed by atoms with E-state index < -0.39 is 5.97 Å². The number of nitrogens with zero attached hydrogens (tertiary/aromatic N) is 1. The first kappa shape index (κ1) is 17.1. The second kappa shape index (κ2) is 8.39. The molecule has 1 amide bonds. The average Bonchev–Trinajstić information content (AvgIpc) is 2.47. The molecule has 0 saturated heterocycles. The zero-order chi connectivity index (χ0) is 15.8. The molecule has 0 heterocycles. The zero-order valence-corrected chi connectivity index (χ0v) is 12.5. The highest BCUT2D eigenvalue weighted by Crippen LogP contribution is 2.11. The molecular formula is C15H21NO5. The normalized spacial score (nSPS) is 12.0. The van der Waals surface area contributed by atoms with Gasteiger partial charge >= 0.3 is 5.97 Å². The van der Waals surface area contributed by atoms with Crippen LogP contribution < -0.4 is 0 Å². The summed E-state index contributed by atoms with van der Waals surface area (Å²) < 4.78 is 10.1. The number of carboxylic acid groups (broad SMARTS) is 1. The minimum atomic E-state index is -1.02. The molecule has 1 atom stereocenters. The molecule has 0 aliphatic rings. The number of carboxylic acids is 1. The van der Waals surface area contributed by atoms with Gasteiger partial charge in [-0.05, 0) is 31.2 Å². The van der Waals surface area contributed by atoms with Gasteiger partial charge in [0.1, 0.15) is 0 Å². The van der Waals surface area contributed by atoms with Gasteiger partial charge in [0.05, 0.1) is 24.8 Å². The van der Waals surface area contributed by atoms with Gasteiger partial charge in [-0.3, -0.25) is 4.79 Å². The van der Waals surface area contributed by atoms with Gasteiger partial charge in [-0.25, -0.2) is 4.79 Å². The second-order valence-electron chi connectivity index (χ2n) is 4.68. The standard InChI is InChI=1S/C15H21NO5/c1-11(10-21-3)16(8-9-20-2)14(17)12-4-6-13(7-5-12)15(18)19/h4-7,11H,8-10H2,1-3H3,(H,18,19). The van der Waals surface area contributed by atoms with Crippen LogP contribution in [0.25, 0.3) is 0 Å². The summed E-state index contributed by atoms with van der Waals surface area (Å²) in [6.45, 7) is 3.18. The van der Waals surface area contributed by atoms with Crippen LogP contribution in [0.5, 0.6) is 0 Å². The van der Waals surface area contributed by atoms with Crippen LogP contribution in [0.1, 0.15) is 27.6 Å². The second-order valence-corrected chi connectivity index (χ2v) is 4.68. The van der Waals surface area contributed by atoms with E-state index in [0.29, 0.717) is 25.3 Å². The summed E-state index contributed by atoms with van der Waals surface area (Å²) in [7, 11) is 3.16. The number of benzene rings is 1. The molecule has 0 radical (unpaired) electrons. The Morgan fingerprint density at radius 1 is 1.14 bits per heavy atom. The molecule has 116 valence electrons. The Bertz CT molecular complexity index is 471. The van der Waals surface area contributed by atoms with E-state index in [1.165, 1.54) is 24.3 Å². The van der Waals surface area contributed by atoms with Gasteiger partial charge in [-0.2, -0.15) is 0 Å². The van der Waals surface area contributed by atoms with E-state index in [-0.39, 0.29) is 17.5 Å². The topological polar surface area (TPSA) is 76.1 Å². The number of rotatable bonds is 8. The van der Waals surface area contributed by atoms with Crippen LogP contribution in [0.4, 0.5) is 0 Å². The molecular weight excluding hydrogens is 274 g/mol. The monoisotopic (exact) mass is 295 g/mol. The van der Waals surface area contributed by atoms with Crippen LogP contribution in [-0.4, -0.2) is 61.9 Å². The Labute approximate surface area is 124 Å². The van der Waals surface area contributed by atoms with Crippen LogP contribution in [0.2, 0.25) is 0 Å². The molecule has 0 spiro atoms. The Morgan fingerprint density at radius 3 is 2.19 bits per heavy atom. The lowest BCUT2D eigenvalue weighted by molar-refractivity contribution is 0.0479. The molecule has 0 fully saturated rings. The summed E-state index contributed by atoms with van der Waals surface area (Å²) in [5, 5.41) is 8.87. The summed E-state index contributed by atoms with van der Waals surface area (Å²) in [5.41, 5.74) is 0.596. The van der Waals surface area contributed by atoms with E-state index >= 15 is 0 Å². The van der Waals surface area contributed by atoms with Crippen molar-refractivity contribution in [2.24, 2.45) is 0 Å². The largest absolute Gasteiger partial charge is 0.478 e. The van der Waals surface area contributed by atoms with Crippen molar-refractivity contribution in [3.63, 3.8) is 0 Å². The molecule has 1 unspecified atom stereocenters. The summed E-state index contributed by atoms with van der Waals surface area (Å²) in [6, 6.07) is 5.78. The number of hydrogen-bond donors (Lipinski definition) is 1. The minimum absolute atomic E-state index is 0.100. The Hall–Kier alpha value is -1.92. The molecule has 0 bridgehead atoms. The van der Waals surface area contributed by atoms with Crippen molar-refractivity contribution in [2.75, 3.05) is 34.0 Å². The maximum atomic E-state index is 12.5. The number of carbonyl (C=O) groups is 2. The van der Waals surface area contributed by atoms with Gasteiger partial charge in [0.2, 0.25) is 0 Å². The Balaban J connectivity index is 2.90. The van der Waals surface area contributed by atoms with E-state index in [2.05, 4.69) is 0 Å². The third-order valence-electron chi connectivity index (χ3n) is 3.12. The van der Waals surface area contributed by atoms with E-state index in [4.69, 9.17) is 14.6 Å². The Kier molecular flexibility index (Phi) is 6.84. The lowest BCUT2D eigenvalue weighted by atomic mass is 10.1. The first-order valence-corrected chi connectivity index (χ1v) is 6.63. The highest BCUT2D eigenvalue weighted by molar-refractivity contribution is 5.96. The molecule has 0 saturated carbocycles. The van der Waals surface area contributed by atoms with Crippen molar-refractivity contribution in [3.05, 3.63) is 35.4 Å². The fourth-order valence-corrected chi connectivity index (χ4v) is 1.96. The minimum Gasteiger partial charge on any atom is -0.478 e. The van der Waals surface area contributed by atoms with E-state index in [0.717, 1.165) is 0 Å². The SMILES string of the molecule is COCCN(C(=O)c1ccc(C(=O)O)cc1)C(C)COC. The number of methoxy groups -OCH3 is 2. The average molecular weight is 295 g/mol. The number of aromatic carboxylic acids is 1. The highest BCUT2D eigenvalue weighted by Gasteiger charge is 2.21. The smallest absolute Gasteiger partial charge is 0.335 e. The van der Waals surface area contributed by atoms with Gasteiger partial charge in [0.15, 0.2) is 0 Å². The molecule has 1 N–H and O–H groups in total. The predicted molar refractivity (Wildman–Crippen MR) is 77.7 cm³/mol. The van der Waals surface area contributed by atoms with E-state index in [9.17, 15) is 9.59 Å². The maximum Gasteiger partial charge on any atom is 0.335 e. The van der Waals surface area contributed by atoms with Gasteiger partial charge in [0, 0.05) is 26.3 Å². The van der Waals surface area contributed by atoms with Gasteiger partial charge in [-0.15, -0.1) is 0 Å². The van der Waals surface area contributed by atoms with Crippen molar-refractivity contribution < 1.29 is 24.2 Å². The molecule has 1 aromatic rings. The Morgan fingerprint density at radius 2 is 1.71 bits per heavy atom. The fraction of sp³-hybridized carbons (Fsp3) is 0.467. The summed E-state index contributed by atoms with van der Waals surface area (Å²) in [6.07, 6.45) is 0. The van der Waals surface area contributed by atoms with Crippen LogP contribution in [0, 0.1) is 0 Å². The number of carbonyl (C=O) groups excluding carboxylic acids is 1. The quantitative estimate of drug-likeness (QED) is 0.786. The molecule has 0 aliphatic heterocycles. The molecule has 0 aromatic heterocycles. The van der Waals surface area contributed by atoms with E-state index in [1.807, 2.05) is 6.92 Å². The molecule has 21 heavy (non-hydrogen) atoms. The van der Waals surface area contributed by atoms with Crippen molar-refractivity contribution in [3.8, 4) is 0 Å². The van der Waals surface area contributed by atoms with Gasteiger partial charge in [-0.1, -0.05) is 0 Å². The lowest BCUT2D eigenvalue weighted by Crippen LogP contribution is -2.43. The van der Waals surface area contributed by atoms with Crippen molar-refractivity contribution >= 4 is 11.9 Å². The van der Waals surface area contributed by atoms with Crippen molar-refractivity contribution in [2.45, 2.75) is 13.0 Å². The van der Waals surface area contributed by atoms with Gasteiger partial charge in [0.25, 0.3) is 5.91 Å². The lowest BCUT2D eigenvalue weighted by Gasteiger charge is -2.28. The molecule has 1 aromatic carbocycles. The maximum absolute atomic E-state index is 12.5. The highest BCUT2D eigenvalue weighted by atomic mass is 16.5. The zero-order valence-electron chi connectivity index (χ0n) is 12.5. The number of amides is 1. The van der Waals surface area contributed by atoms with Crippen LogP contribution in [0.3, 0.4) is 0 Å². The van der Waals surface area contributed by atoms with Crippen LogP contribution in [0.15, 0.2) is 24.3 Å². The third kappa shape index (κ3) is 4.84. The van der Waals surface area contributed by atoms with Crippen LogP contribution in [-0.2, 0) is 9.47 Å². The van der Waals surface area contributed by atoms with Gasteiger partial charge < -0.3 is 19.5 Å². The number of ether oxygens (including phenoxy) is 2. The summed E-state index contributed by atoms with van der Waals surface area (Å²) in [4.78, 5) is 25.0. The summed E-state index contributed by atoms with van der Waals surface area (Å²) in [5.74, 6) is -1.19. The molecule has 0 aliphatic carbocycles. The van der Waals surface area contributed by atoms with E-state index in [1.54, 1.807) is 19.1 Å². The fourth-order valence-electron chi connectivity index (χ4n) is 1.96. The molecule has 1 rings (SSSR count). The van der Waals surface area contributed by atoms with Crippen molar-refractivity contribution in [1.29, 1.82) is 0 Å². The number of hydrogen-bond acceptors (Lipinski definition) is 4.